The summed E-state index contributed by atoms with van der Waals surface area (Å²) in [6, 6.07) is 5.16. The molecule has 1 aromatic carbocycles. The minimum atomic E-state index is -4.18. The number of halogens is 3. The van der Waals surface area contributed by atoms with Gasteiger partial charge >= 0.3 is 11.6 Å². The van der Waals surface area contributed by atoms with Crippen molar-refractivity contribution in [2.75, 3.05) is 0 Å². The minimum absolute atomic E-state index is 0.299. The van der Waals surface area contributed by atoms with E-state index in [4.69, 9.17) is 0 Å². The second-order valence-corrected chi connectivity index (χ2v) is 5.03. The Morgan fingerprint density at radius 2 is 1.95 bits per heavy atom. The van der Waals surface area contributed by atoms with Crippen LogP contribution in [0.3, 0.4) is 0 Å². The van der Waals surface area contributed by atoms with Crippen molar-refractivity contribution in [2.24, 2.45) is 0 Å². The van der Waals surface area contributed by atoms with Crippen LogP contribution in [0.25, 0.3) is 0 Å². The van der Waals surface area contributed by atoms with Crippen LogP contribution in [0.2, 0.25) is 0 Å². The summed E-state index contributed by atoms with van der Waals surface area (Å²) in [6.07, 6.45) is 0. The molecule has 2 rings (SSSR count). The fourth-order valence-electron chi connectivity index (χ4n) is 1.67. The maximum atomic E-state index is 14.2. The molecule has 0 N–H and O–H groups in total. The molecule has 21 heavy (non-hydrogen) atoms. The lowest BCUT2D eigenvalue weighted by molar-refractivity contribution is -0.387. The average Bonchev–Trinajstić information content (AvgIpc) is 2.81. The fourth-order valence-corrected chi connectivity index (χ4v) is 1.94. The summed E-state index contributed by atoms with van der Waals surface area (Å²) in [4.78, 5) is 21.6. The van der Waals surface area contributed by atoms with E-state index in [9.17, 15) is 23.7 Å². The number of alkyl halides is 2. The first-order chi connectivity index (χ1) is 9.75. The molecule has 0 aliphatic carbocycles. The summed E-state index contributed by atoms with van der Waals surface area (Å²) < 4.78 is 33.3. The third-order valence-corrected chi connectivity index (χ3v) is 3.22. The van der Waals surface area contributed by atoms with Gasteiger partial charge in [-0.05, 0) is 19.1 Å². The van der Waals surface area contributed by atoms with Gasteiger partial charge in [0.25, 0.3) is 5.76 Å². The number of aryl methyl sites for hydroxylation is 1. The molecule has 1 aromatic heterocycles. The SMILES string of the molecule is Cc1noc(C(F)(F)C(=O)c2ccc(Br)cc2)c1[N+](=O)[O-]. The topological polar surface area (TPSA) is 86.2 Å². The van der Waals surface area contributed by atoms with E-state index in [0.29, 0.717) is 4.47 Å². The van der Waals surface area contributed by atoms with Crippen molar-refractivity contribution in [2.45, 2.75) is 12.8 Å². The molecule has 0 saturated heterocycles. The van der Waals surface area contributed by atoms with Gasteiger partial charge in [-0.3, -0.25) is 14.9 Å². The van der Waals surface area contributed by atoms with Gasteiger partial charge in [-0.1, -0.05) is 33.2 Å². The highest BCUT2D eigenvalue weighted by Gasteiger charge is 2.51. The van der Waals surface area contributed by atoms with Crippen LogP contribution in [0.5, 0.6) is 0 Å². The summed E-state index contributed by atoms with van der Waals surface area (Å²) >= 11 is 3.11. The smallest absolute Gasteiger partial charge is 0.346 e. The first-order valence-electron chi connectivity index (χ1n) is 5.54. The van der Waals surface area contributed by atoms with Crippen molar-refractivity contribution in [1.29, 1.82) is 0 Å². The highest BCUT2D eigenvalue weighted by atomic mass is 79.9. The van der Waals surface area contributed by atoms with E-state index >= 15 is 0 Å². The predicted molar refractivity (Wildman–Crippen MR) is 70.3 cm³/mol. The van der Waals surface area contributed by atoms with E-state index < -0.39 is 28.1 Å². The normalized spacial score (nSPS) is 11.4. The molecule has 0 aliphatic rings. The van der Waals surface area contributed by atoms with Gasteiger partial charge in [0.15, 0.2) is 5.69 Å². The molecule has 110 valence electrons. The lowest BCUT2D eigenvalue weighted by Crippen LogP contribution is -2.26. The Labute approximate surface area is 125 Å². The molecular weight excluding hydrogens is 354 g/mol. The largest absolute Gasteiger partial charge is 0.375 e. The van der Waals surface area contributed by atoms with Crippen molar-refractivity contribution in [3.63, 3.8) is 0 Å². The van der Waals surface area contributed by atoms with Crippen LogP contribution >= 0.6 is 15.9 Å². The maximum Gasteiger partial charge on any atom is 0.375 e. The molecule has 1 heterocycles. The molecule has 0 fully saturated rings. The van der Waals surface area contributed by atoms with Crippen LogP contribution in [0.1, 0.15) is 21.8 Å². The third kappa shape index (κ3) is 2.68. The van der Waals surface area contributed by atoms with Crippen LogP contribution in [0.15, 0.2) is 33.3 Å². The second-order valence-electron chi connectivity index (χ2n) is 4.11. The molecule has 0 bridgehead atoms. The molecular formula is C12H7BrF2N2O4. The first kappa shape index (κ1) is 15.2. The van der Waals surface area contributed by atoms with Gasteiger partial charge in [0.2, 0.25) is 5.78 Å². The maximum absolute atomic E-state index is 14.2. The molecule has 9 heteroatoms. The van der Waals surface area contributed by atoms with Crippen molar-refractivity contribution in [1.82, 2.24) is 5.16 Å². The number of aromatic nitrogens is 1. The van der Waals surface area contributed by atoms with Crippen molar-refractivity contribution in [3.05, 3.63) is 55.9 Å². The lowest BCUT2D eigenvalue weighted by atomic mass is 10.0. The van der Waals surface area contributed by atoms with Crippen LogP contribution in [-0.2, 0) is 5.92 Å². The molecule has 0 unspecified atom stereocenters. The lowest BCUT2D eigenvalue weighted by Gasteiger charge is -2.11. The van der Waals surface area contributed by atoms with Crippen LogP contribution < -0.4 is 0 Å². The molecule has 0 saturated carbocycles. The first-order valence-corrected chi connectivity index (χ1v) is 6.33. The molecule has 0 amide bonds. The Morgan fingerprint density at radius 3 is 2.48 bits per heavy atom. The van der Waals surface area contributed by atoms with E-state index in [1.54, 1.807) is 0 Å². The number of rotatable bonds is 4. The van der Waals surface area contributed by atoms with E-state index in [2.05, 4.69) is 25.6 Å². The van der Waals surface area contributed by atoms with E-state index in [1.165, 1.54) is 24.3 Å². The summed E-state index contributed by atoms with van der Waals surface area (Å²) in [6.45, 7) is 1.14. The Balaban J connectivity index is 2.49. The van der Waals surface area contributed by atoms with E-state index in [0.717, 1.165) is 6.92 Å². The molecule has 2 aromatic rings. The predicted octanol–water partition coefficient (Wildman–Crippen LogP) is 3.63. The third-order valence-electron chi connectivity index (χ3n) is 2.69. The van der Waals surface area contributed by atoms with E-state index in [1.807, 2.05) is 0 Å². The summed E-state index contributed by atoms with van der Waals surface area (Å²) in [7, 11) is 0. The van der Waals surface area contributed by atoms with Crippen molar-refractivity contribution < 1.29 is 23.0 Å². The van der Waals surface area contributed by atoms with Crippen LogP contribution in [0.4, 0.5) is 14.5 Å². The number of nitrogens with zero attached hydrogens (tertiary/aromatic N) is 2. The Bertz CT molecular complexity index is 713. The summed E-state index contributed by atoms with van der Waals surface area (Å²) in [5, 5.41) is 13.9. The van der Waals surface area contributed by atoms with Crippen LogP contribution in [0, 0.1) is 17.0 Å². The Kier molecular flexibility index (Phi) is 3.86. The quantitative estimate of drug-likeness (QED) is 0.472. The molecule has 0 atom stereocenters. The zero-order chi connectivity index (χ0) is 15.8. The van der Waals surface area contributed by atoms with Gasteiger partial charge in [-0.15, -0.1) is 0 Å². The summed E-state index contributed by atoms with van der Waals surface area (Å²) in [5.74, 6) is -7.15. The number of Topliss-reactive ketones (excluding diaryl/α,β-unsaturated/α-hetero) is 1. The van der Waals surface area contributed by atoms with Gasteiger partial charge in [0, 0.05) is 10.0 Å². The summed E-state index contributed by atoms with van der Waals surface area (Å²) in [5.41, 5.74) is -1.62. The number of carbonyl (C=O) groups excluding carboxylic acids is 1. The minimum Gasteiger partial charge on any atom is -0.346 e. The van der Waals surface area contributed by atoms with Crippen molar-refractivity contribution in [3.8, 4) is 0 Å². The van der Waals surface area contributed by atoms with E-state index in [-0.39, 0.29) is 11.3 Å². The molecule has 0 aliphatic heterocycles. The van der Waals surface area contributed by atoms with Gasteiger partial charge in [-0.25, -0.2) is 0 Å². The molecule has 6 nitrogen and oxygen atoms in total. The van der Waals surface area contributed by atoms with Gasteiger partial charge < -0.3 is 4.52 Å². The zero-order valence-electron chi connectivity index (χ0n) is 10.5. The molecule has 0 radical (unpaired) electrons. The molecule has 0 spiro atoms. The number of benzene rings is 1. The Hall–Kier alpha value is -2.16. The standard InChI is InChI=1S/C12H7BrF2N2O4/c1-6-9(17(19)20)11(21-16-6)12(14,15)10(18)7-2-4-8(13)5-3-7/h2-5H,1H3. The second kappa shape index (κ2) is 5.32. The highest BCUT2D eigenvalue weighted by molar-refractivity contribution is 9.10. The van der Waals surface area contributed by atoms with Gasteiger partial charge in [0.1, 0.15) is 0 Å². The number of carbonyl (C=O) groups is 1. The fraction of sp³-hybridized carbons (Fsp3) is 0.167. The van der Waals surface area contributed by atoms with Gasteiger partial charge in [0.05, 0.1) is 4.92 Å². The van der Waals surface area contributed by atoms with Crippen molar-refractivity contribution >= 4 is 27.4 Å². The number of ketones is 1. The monoisotopic (exact) mass is 360 g/mol. The van der Waals surface area contributed by atoms with Gasteiger partial charge in [-0.2, -0.15) is 8.78 Å². The highest BCUT2D eigenvalue weighted by Crippen LogP contribution is 2.39. The van der Waals surface area contributed by atoms with Crippen LogP contribution in [-0.4, -0.2) is 15.9 Å². The average molecular weight is 361 g/mol. The number of hydrogen-bond donors (Lipinski definition) is 0. The number of nitro groups is 1. The Morgan fingerprint density at radius 1 is 1.38 bits per heavy atom. The zero-order valence-corrected chi connectivity index (χ0v) is 12.1. The number of hydrogen-bond acceptors (Lipinski definition) is 5.